The van der Waals surface area contributed by atoms with Crippen molar-refractivity contribution in [3.05, 3.63) is 39.7 Å². The molecule has 1 aromatic carbocycles. The molecule has 2 aromatic rings. The Bertz CT molecular complexity index is 1130. The number of hydrogen-bond donors (Lipinski definition) is 1. The van der Waals surface area contributed by atoms with E-state index in [0.29, 0.717) is 61.8 Å². The fourth-order valence-corrected chi connectivity index (χ4v) is 5.08. The second-order valence-electron chi connectivity index (χ2n) is 9.82. The highest BCUT2D eigenvalue weighted by molar-refractivity contribution is 8.13. The van der Waals surface area contributed by atoms with E-state index in [0.717, 1.165) is 6.42 Å². The molecule has 39 heavy (non-hydrogen) atoms. The van der Waals surface area contributed by atoms with E-state index < -0.39 is 22.7 Å². The maximum Gasteiger partial charge on any atom is 0.421 e. The lowest BCUT2D eigenvalue weighted by Gasteiger charge is -2.21. The van der Waals surface area contributed by atoms with Gasteiger partial charge in [-0.2, -0.15) is 13.2 Å². The van der Waals surface area contributed by atoms with Gasteiger partial charge in [-0.05, 0) is 37.6 Å². The van der Waals surface area contributed by atoms with Crippen LogP contribution in [0.3, 0.4) is 0 Å². The van der Waals surface area contributed by atoms with Crippen molar-refractivity contribution in [3.8, 4) is 5.75 Å². The van der Waals surface area contributed by atoms with Gasteiger partial charge in [0.2, 0.25) is 0 Å². The molecule has 0 saturated heterocycles. The largest absolute Gasteiger partial charge is 0.491 e. The van der Waals surface area contributed by atoms with Gasteiger partial charge >= 0.3 is 6.18 Å². The van der Waals surface area contributed by atoms with Crippen LogP contribution in [0, 0.1) is 5.41 Å². The van der Waals surface area contributed by atoms with Crippen molar-refractivity contribution in [2.45, 2.75) is 59.7 Å². The second kappa shape index (κ2) is 15.6. The Kier molecular flexibility index (Phi) is 13.3. The molecule has 1 aromatic heterocycles. The van der Waals surface area contributed by atoms with Crippen molar-refractivity contribution in [1.82, 2.24) is 9.88 Å². The van der Waals surface area contributed by atoms with Gasteiger partial charge in [-0.15, -0.1) is 0 Å². The number of aromatic nitrogens is 1. The topological polar surface area (TPSA) is 78.8 Å². The number of hydrogen-bond acceptors (Lipinski definition) is 7. The Morgan fingerprint density at radius 1 is 1.05 bits per heavy atom. The standard InChI is InChI=1S/C28H41F3N2O5S/c1-6-8-11-33-23-18-20(9-10-22(23)21(7-2)24(25(33)34)28(29,30)31)38-15-14-36-12-13-37-16-17-39-26(35)27(3,4)19-32-5/h9-10,18,32H,6-8,11-17,19H2,1-5H3. The van der Waals surface area contributed by atoms with Crippen LogP contribution in [-0.4, -0.2) is 62.1 Å². The van der Waals surface area contributed by atoms with Crippen molar-refractivity contribution in [3.63, 3.8) is 0 Å². The molecule has 0 aliphatic heterocycles. The van der Waals surface area contributed by atoms with Crippen molar-refractivity contribution in [1.29, 1.82) is 0 Å². The molecule has 0 bridgehead atoms. The van der Waals surface area contributed by atoms with E-state index in [4.69, 9.17) is 14.2 Å². The zero-order chi connectivity index (χ0) is 29.1. The van der Waals surface area contributed by atoms with Gasteiger partial charge in [0.05, 0.1) is 31.9 Å². The monoisotopic (exact) mass is 574 g/mol. The lowest BCUT2D eigenvalue weighted by Crippen LogP contribution is -2.33. The Morgan fingerprint density at radius 2 is 1.72 bits per heavy atom. The third kappa shape index (κ3) is 9.51. The Morgan fingerprint density at radius 3 is 2.33 bits per heavy atom. The number of carbonyl (C=O) groups excluding carboxylic acids is 1. The molecule has 0 spiro atoms. The van der Waals surface area contributed by atoms with Crippen LogP contribution in [0.25, 0.3) is 10.9 Å². The lowest BCUT2D eigenvalue weighted by molar-refractivity contribution is -0.139. The SMILES string of the molecule is CCCCn1c(=O)c(C(F)(F)F)c(CC)c2ccc(OCCOCCOCCSC(=O)C(C)(C)CNC)cc21. The molecule has 0 fully saturated rings. The quantitative estimate of drug-likeness (QED) is 0.257. The first-order chi connectivity index (χ1) is 18.5. The van der Waals surface area contributed by atoms with Crippen LogP contribution < -0.4 is 15.6 Å². The molecular formula is C28H41F3N2O5S. The summed E-state index contributed by atoms with van der Waals surface area (Å²) >= 11 is 1.26. The maximum atomic E-state index is 13.8. The number of fused-ring (bicyclic) bond motifs is 1. The minimum absolute atomic E-state index is 0.00887. The van der Waals surface area contributed by atoms with Crippen LogP contribution in [0.15, 0.2) is 23.0 Å². The van der Waals surface area contributed by atoms with Crippen LogP contribution in [-0.2, 0) is 33.4 Å². The van der Waals surface area contributed by atoms with E-state index in [2.05, 4.69) is 5.32 Å². The van der Waals surface area contributed by atoms with Gasteiger partial charge in [-0.3, -0.25) is 9.59 Å². The number of rotatable bonds is 17. The number of carbonyl (C=O) groups is 1. The molecule has 0 saturated carbocycles. The first kappa shape index (κ1) is 33.1. The Labute approximate surface area is 232 Å². The van der Waals surface area contributed by atoms with Gasteiger partial charge in [-0.25, -0.2) is 0 Å². The summed E-state index contributed by atoms with van der Waals surface area (Å²) in [5, 5.41) is 3.55. The summed E-state index contributed by atoms with van der Waals surface area (Å²) in [4.78, 5) is 25.1. The van der Waals surface area contributed by atoms with Gasteiger partial charge in [0.15, 0.2) is 5.12 Å². The molecule has 11 heteroatoms. The predicted molar refractivity (Wildman–Crippen MR) is 150 cm³/mol. The zero-order valence-electron chi connectivity index (χ0n) is 23.5. The van der Waals surface area contributed by atoms with Gasteiger partial charge < -0.3 is 24.1 Å². The Balaban J connectivity index is 1.89. The lowest BCUT2D eigenvalue weighted by atomic mass is 9.96. The highest BCUT2D eigenvalue weighted by Crippen LogP contribution is 2.34. The summed E-state index contributed by atoms with van der Waals surface area (Å²) in [6.07, 6.45) is -3.30. The van der Waals surface area contributed by atoms with Gasteiger partial charge in [0.25, 0.3) is 5.56 Å². The molecule has 0 atom stereocenters. The molecule has 0 amide bonds. The average Bonchev–Trinajstić information content (AvgIpc) is 2.87. The molecule has 220 valence electrons. The van der Waals surface area contributed by atoms with Gasteiger partial charge in [0.1, 0.15) is 17.9 Å². The van der Waals surface area contributed by atoms with E-state index >= 15 is 0 Å². The molecule has 0 radical (unpaired) electrons. The van der Waals surface area contributed by atoms with Crippen molar-refractivity contribution in [2.24, 2.45) is 5.41 Å². The summed E-state index contributed by atoms with van der Waals surface area (Å²) in [5.41, 5.74) is -2.07. The van der Waals surface area contributed by atoms with Gasteiger partial charge in [0, 0.05) is 35.7 Å². The van der Waals surface area contributed by atoms with E-state index in [-0.39, 0.29) is 30.3 Å². The fraction of sp³-hybridized carbons (Fsp3) is 0.643. The third-order valence-electron chi connectivity index (χ3n) is 6.22. The van der Waals surface area contributed by atoms with E-state index in [1.165, 1.54) is 16.3 Å². The number of unbranched alkanes of at least 4 members (excludes halogenated alkanes) is 1. The molecule has 0 unspecified atom stereocenters. The molecule has 1 N–H and O–H groups in total. The molecule has 2 rings (SSSR count). The van der Waals surface area contributed by atoms with Crippen LogP contribution in [0.1, 0.15) is 51.7 Å². The summed E-state index contributed by atoms with van der Waals surface area (Å²) in [7, 11) is 1.82. The summed E-state index contributed by atoms with van der Waals surface area (Å²) in [6, 6.07) is 4.85. The molecular weight excluding hydrogens is 533 g/mol. The highest BCUT2D eigenvalue weighted by Gasteiger charge is 2.38. The number of thioether (sulfide) groups is 1. The average molecular weight is 575 g/mol. The van der Waals surface area contributed by atoms with Crippen molar-refractivity contribution < 1.29 is 32.2 Å². The van der Waals surface area contributed by atoms with E-state index in [1.807, 2.05) is 27.8 Å². The third-order valence-corrected chi connectivity index (χ3v) is 7.40. The molecule has 1 heterocycles. The molecule has 0 aliphatic rings. The molecule has 7 nitrogen and oxygen atoms in total. The number of benzene rings is 1. The normalized spacial score (nSPS) is 12.3. The second-order valence-corrected chi connectivity index (χ2v) is 10.9. The Hall–Kier alpha value is -2.08. The van der Waals surface area contributed by atoms with E-state index in [9.17, 15) is 22.8 Å². The fourth-order valence-electron chi connectivity index (χ4n) is 4.23. The first-order valence-electron chi connectivity index (χ1n) is 13.3. The van der Waals surface area contributed by atoms with Crippen LogP contribution in [0.5, 0.6) is 5.75 Å². The van der Waals surface area contributed by atoms with E-state index in [1.54, 1.807) is 25.1 Å². The van der Waals surface area contributed by atoms with Crippen molar-refractivity contribution >= 4 is 27.8 Å². The highest BCUT2D eigenvalue weighted by atomic mass is 32.2. The summed E-state index contributed by atoms with van der Waals surface area (Å²) in [6.45, 7) is 9.89. The first-order valence-corrected chi connectivity index (χ1v) is 14.3. The number of halogens is 3. The summed E-state index contributed by atoms with van der Waals surface area (Å²) < 4.78 is 59.4. The molecule has 0 aliphatic carbocycles. The summed E-state index contributed by atoms with van der Waals surface area (Å²) in [5.74, 6) is 1.03. The number of nitrogens with zero attached hydrogens (tertiary/aromatic N) is 1. The number of nitrogens with one attached hydrogen (secondary N) is 1. The maximum absolute atomic E-state index is 13.8. The predicted octanol–water partition coefficient (Wildman–Crippen LogP) is 5.30. The minimum atomic E-state index is -4.72. The van der Waals surface area contributed by atoms with Gasteiger partial charge in [-0.1, -0.05) is 45.9 Å². The zero-order valence-corrected chi connectivity index (χ0v) is 24.4. The van der Waals surface area contributed by atoms with Crippen LogP contribution >= 0.6 is 11.8 Å². The smallest absolute Gasteiger partial charge is 0.421 e. The number of pyridine rings is 1. The van der Waals surface area contributed by atoms with Crippen LogP contribution in [0.2, 0.25) is 0 Å². The minimum Gasteiger partial charge on any atom is -0.491 e. The number of aryl methyl sites for hydroxylation is 2. The number of ether oxygens (including phenoxy) is 3. The van der Waals surface area contributed by atoms with Crippen molar-refractivity contribution in [2.75, 3.05) is 52.4 Å². The van der Waals surface area contributed by atoms with Crippen LogP contribution in [0.4, 0.5) is 13.2 Å². The number of alkyl halides is 3.